The summed E-state index contributed by atoms with van der Waals surface area (Å²) in [6.45, 7) is 3.95. The Morgan fingerprint density at radius 3 is 2.69 bits per heavy atom. The van der Waals surface area contributed by atoms with E-state index in [1.165, 1.54) is 6.42 Å². The molecule has 1 aromatic carbocycles. The SMILES string of the molecule is CCNC(=NCC1(O)CCCCC1)NCCc1cccc(C(=O)NC)c1. The summed E-state index contributed by atoms with van der Waals surface area (Å²) in [5.41, 5.74) is 1.12. The molecule has 6 nitrogen and oxygen atoms in total. The minimum atomic E-state index is -0.650. The second-order valence-electron chi connectivity index (χ2n) is 6.94. The highest BCUT2D eigenvalue weighted by Gasteiger charge is 2.28. The van der Waals surface area contributed by atoms with Crippen LogP contribution in [0.3, 0.4) is 0 Å². The fraction of sp³-hybridized carbons (Fsp3) is 0.600. The number of hydrogen-bond acceptors (Lipinski definition) is 3. The molecule has 1 aromatic rings. The quantitative estimate of drug-likeness (QED) is 0.441. The molecule has 0 bridgehead atoms. The molecule has 1 aliphatic rings. The number of benzene rings is 1. The van der Waals surface area contributed by atoms with E-state index in [4.69, 9.17) is 0 Å². The molecule has 6 heteroatoms. The van der Waals surface area contributed by atoms with Gasteiger partial charge in [-0.2, -0.15) is 0 Å². The van der Waals surface area contributed by atoms with Crippen LogP contribution in [-0.4, -0.2) is 49.3 Å². The Balaban J connectivity index is 1.88. The van der Waals surface area contributed by atoms with Crippen LogP contribution in [0.4, 0.5) is 0 Å². The Hall–Kier alpha value is -2.08. The highest BCUT2D eigenvalue weighted by atomic mass is 16.3. The molecular formula is C20H32N4O2. The fourth-order valence-corrected chi connectivity index (χ4v) is 3.27. The average molecular weight is 361 g/mol. The molecule has 0 unspecified atom stereocenters. The summed E-state index contributed by atoms with van der Waals surface area (Å²) in [5, 5.41) is 19.8. The van der Waals surface area contributed by atoms with Gasteiger partial charge in [0.2, 0.25) is 0 Å². The van der Waals surface area contributed by atoms with Crippen molar-refractivity contribution in [1.29, 1.82) is 0 Å². The summed E-state index contributed by atoms with van der Waals surface area (Å²) in [4.78, 5) is 16.3. The molecule has 4 N–H and O–H groups in total. The summed E-state index contributed by atoms with van der Waals surface area (Å²) < 4.78 is 0. The molecule has 0 spiro atoms. The molecule has 0 saturated heterocycles. The van der Waals surface area contributed by atoms with E-state index in [2.05, 4.69) is 20.9 Å². The van der Waals surface area contributed by atoms with E-state index < -0.39 is 5.60 Å². The van der Waals surface area contributed by atoms with Crippen LogP contribution in [0, 0.1) is 0 Å². The second kappa shape index (κ2) is 10.2. The Kier molecular flexibility index (Phi) is 7.91. The first-order valence-corrected chi connectivity index (χ1v) is 9.62. The van der Waals surface area contributed by atoms with Crippen LogP contribution in [0.2, 0.25) is 0 Å². The molecule has 2 rings (SSSR count). The van der Waals surface area contributed by atoms with Gasteiger partial charge in [-0.15, -0.1) is 0 Å². The van der Waals surface area contributed by atoms with Gasteiger partial charge in [0, 0.05) is 25.7 Å². The first kappa shape index (κ1) is 20.2. The summed E-state index contributed by atoms with van der Waals surface area (Å²) in [5.74, 6) is 0.657. The predicted octanol–water partition coefficient (Wildman–Crippen LogP) is 1.84. The molecule has 0 aliphatic heterocycles. The van der Waals surface area contributed by atoms with E-state index >= 15 is 0 Å². The van der Waals surface area contributed by atoms with Gasteiger partial charge in [0.15, 0.2) is 5.96 Å². The first-order valence-electron chi connectivity index (χ1n) is 9.62. The lowest BCUT2D eigenvalue weighted by molar-refractivity contribution is 0.0131. The number of rotatable bonds is 7. The maximum atomic E-state index is 11.7. The zero-order chi connectivity index (χ0) is 18.8. The number of amides is 1. The molecule has 144 valence electrons. The molecule has 0 radical (unpaired) electrons. The number of aliphatic imine (C=N–C) groups is 1. The molecule has 1 aliphatic carbocycles. The molecule has 1 saturated carbocycles. The lowest BCUT2D eigenvalue weighted by Crippen LogP contribution is -2.41. The fourth-order valence-electron chi connectivity index (χ4n) is 3.27. The van der Waals surface area contributed by atoms with E-state index in [9.17, 15) is 9.90 Å². The number of carbonyl (C=O) groups excluding carboxylic acids is 1. The van der Waals surface area contributed by atoms with Crippen LogP contribution in [0.5, 0.6) is 0 Å². The van der Waals surface area contributed by atoms with E-state index in [0.717, 1.165) is 50.2 Å². The molecule has 26 heavy (non-hydrogen) atoms. The molecular weight excluding hydrogens is 328 g/mol. The van der Waals surface area contributed by atoms with Crippen molar-refractivity contribution in [3.63, 3.8) is 0 Å². The summed E-state index contributed by atoms with van der Waals surface area (Å²) >= 11 is 0. The van der Waals surface area contributed by atoms with Gasteiger partial charge in [0.05, 0.1) is 12.1 Å². The average Bonchev–Trinajstić information content (AvgIpc) is 2.66. The van der Waals surface area contributed by atoms with Crippen LogP contribution in [0.1, 0.15) is 54.9 Å². The Bertz CT molecular complexity index is 610. The predicted molar refractivity (Wildman–Crippen MR) is 106 cm³/mol. The van der Waals surface area contributed by atoms with Gasteiger partial charge in [0.1, 0.15) is 0 Å². The van der Waals surface area contributed by atoms with Gasteiger partial charge < -0.3 is 21.1 Å². The van der Waals surface area contributed by atoms with Gasteiger partial charge in [-0.1, -0.05) is 31.4 Å². The molecule has 1 amide bonds. The van der Waals surface area contributed by atoms with Gasteiger partial charge in [-0.3, -0.25) is 9.79 Å². The van der Waals surface area contributed by atoms with Crippen LogP contribution in [0.15, 0.2) is 29.3 Å². The van der Waals surface area contributed by atoms with Crippen molar-refractivity contribution in [2.45, 2.75) is 51.0 Å². The smallest absolute Gasteiger partial charge is 0.251 e. The van der Waals surface area contributed by atoms with E-state index in [0.29, 0.717) is 18.7 Å². The van der Waals surface area contributed by atoms with E-state index in [-0.39, 0.29) is 5.91 Å². The van der Waals surface area contributed by atoms with Crippen LogP contribution >= 0.6 is 0 Å². The van der Waals surface area contributed by atoms with Crippen LogP contribution in [0.25, 0.3) is 0 Å². The largest absolute Gasteiger partial charge is 0.388 e. The molecule has 0 aromatic heterocycles. The third-order valence-electron chi connectivity index (χ3n) is 4.78. The topological polar surface area (TPSA) is 85.8 Å². The van der Waals surface area contributed by atoms with E-state index in [1.807, 2.05) is 31.2 Å². The van der Waals surface area contributed by atoms with Crippen molar-refractivity contribution in [2.75, 3.05) is 26.7 Å². The highest BCUT2D eigenvalue weighted by molar-refractivity contribution is 5.94. The standard InChI is InChI=1S/C20H32N4O2/c1-3-22-19(24-15-20(26)11-5-4-6-12-20)23-13-10-16-8-7-9-17(14-16)18(25)21-2/h7-9,14,26H,3-6,10-13,15H2,1-2H3,(H,21,25)(H2,22,23,24). The Morgan fingerprint density at radius 2 is 2.00 bits per heavy atom. The minimum absolute atomic E-state index is 0.0737. The van der Waals surface area contributed by atoms with Crippen molar-refractivity contribution in [2.24, 2.45) is 4.99 Å². The van der Waals surface area contributed by atoms with Crippen molar-refractivity contribution in [1.82, 2.24) is 16.0 Å². The van der Waals surface area contributed by atoms with Crippen molar-refractivity contribution < 1.29 is 9.90 Å². The van der Waals surface area contributed by atoms with Gasteiger partial charge in [0.25, 0.3) is 5.91 Å². The van der Waals surface area contributed by atoms with Gasteiger partial charge in [-0.05, 0) is 43.9 Å². The third kappa shape index (κ3) is 6.33. The Labute approximate surface area is 156 Å². The summed E-state index contributed by atoms with van der Waals surface area (Å²) in [6, 6.07) is 7.64. The molecule has 0 atom stereocenters. The Morgan fingerprint density at radius 1 is 1.23 bits per heavy atom. The lowest BCUT2D eigenvalue weighted by Gasteiger charge is -2.30. The van der Waals surface area contributed by atoms with Crippen molar-refractivity contribution in [3.8, 4) is 0 Å². The first-order chi connectivity index (χ1) is 12.6. The minimum Gasteiger partial charge on any atom is -0.388 e. The maximum absolute atomic E-state index is 11.7. The maximum Gasteiger partial charge on any atom is 0.251 e. The normalized spacial score (nSPS) is 16.8. The number of carbonyl (C=O) groups is 1. The number of hydrogen-bond donors (Lipinski definition) is 4. The zero-order valence-electron chi connectivity index (χ0n) is 16.0. The van der Waals surface area contributed by atoms with Gasteiger partial charge >= 0.3 is 0 Å². The molecule has 1 fully saturated rings. The van der Waals surface area contributed by atoms with Crippen molar-refractivity contribution in [3.05, 3.63) is 35.4 Å². The zero-order valence-corrected chi connectivity index (χ0v) is 16.0. The lowest BCUT2D eigenvalue weighted by atomic mass is 9.85. The van der Waals surface area contributed by atoms with Gasteiger partial charge in [-0.25, -0.2) is 0 Å². The van der Waals surface area contributed by atoms with Crippen molar-refractivity contribution >= 4 is 11.9 Å². The van der Waals surface area contributed by atoms with E-state index in [1.54, 1.807) is 7.05 Å². The van der Waals surface area contributed by atoms with Crippen LogP contribution in [-0.2, 0) is 6.42 Å². The summed E-state index contributed by atoms with van der Waals surface area (Å²) in [7, 11) is 1.63. The second-order valence-corrected chi connectivity index (χ2v) is 6.94. The molecule has 0 heterocycles. The van der Waals surface area contributed by atoms with Crippen LogP contribution < -0.4 is 16.0 Å². The number of nitrogens with zero attached hydrogens (tertiary/aromatic N) is 1. The highest BCUT2D eigenvalue weighted by Crippen LogP contribution is 2.28. The number of guanidine groups is 1. The monoisotopic (exact) mass is 360 g/mol. The number of nitrogens with one attached hydrogen (secondary N) is 3. The third-order valence-corrected chi connectivity index (χ3v) is 4.78. The number of aliphatic hydroxyl groups is 1. The summed E-state index contributed by atoms with van der Waals surface area (Å²) in [6.07, 6.45) is 5.83.